The summed E-state index contributed by atoms with van der Waals surface area (Å²) in [5, 5.41) is 7.47. The topological polar surface area (TPSA) is 57.0 Å². The SMILES string of the molecule is C=CCOC(=O)c1nnn(Cc2cccc(F)c2F)c1C. The highest BCUT2D eigenvalue weighted by molar-refractivity contribution is 5.88. The number of halogens is 2. The van der Waals surface area contributed by atoms with Gasteiger partial charge in [0.15, 0.2) is 17.3 Å². The van der Waals surface area contributed by atoms with Crippen LogP contribution in [0.25, 0.3) is 0 Å². The van der Waals surface area contributed by atoms with Gasteiger partial charge in [-0.2, -0.15) is 0 Å². The summed E-state index contributed by atoms with van der Waals surface area (Å²) >= 11 is 0. The zero-order valence-electron chi connectivity index (χ0n) is 11.3. The molecule has 0 spiro atoms. The molecule has 1 aromatic heterocycles. The standard InChI is InChI=1S/C14H13F2N3O2/c1-3-7-21-14(20)13-9(2)19(18-17-13)8-10-5-4-6-11(15)12(10)16/h3-6H,1,7-8H2,2H3. The van der Waals surface area contributed by atoms with Crippen molar-refractivity contribution in [2.45, 2.75) is 13.5 Å². The van der Waals surface area contributed by atoms with Crippen LogP contribution in [-0.4, -0.2) is 27.6 Å². The molecule has 0 aliphatic carbocycles. The van der Waals surface area contributed by atoms with Crippen LogP contribution in [0.2, 0.25) is 0 Å². The number of hydrogen-bond acceptors (Lipinski definition) is 4. The molecule has 0 N–H and O–H groups in total. The maximum atomic E-state index is 13.6. The van der Waals surface area contributed by atoms with Crippen molar-refractivity contribution < 1.29 is 18.3 Å². The second-order valence-corrected chi connectivity index (χ2v) is 4.28. The molecule has 0 saturated carbocycles. The lowest BCUT2D eigenvalue weighted by Gasteiger charge is -2.05. The number of hydrogen-bond donors (Lipinski definition) is 0. The highest BCUT2D eigenvalue weighted by atomic mass is 19.2. The van der Waals surface area contributed by atoms with Crippen LogP contribution in [0.15, 0.2) is 30.9 Å². The number of nitrogens with zero attached hydrogens (tertiary/aromatic N) is 3. The molecule has 0 saturated heterocycles. The Morgan fingerprint density at radius 2 is 2.24 bits per heavy atom. The summed E-state index contributed by atoms with van der Waals surface area (Å²) < 4.78 is 32.9. The van der Waals surface area contributed by atoms with Crippen molar-refractivity contribution >= 4 is 5.97 Å². The normalized spacial score (nSPS) is 10.4. The molecule has 0 unspecified atom stereocenters. The number of aromatic nitrogens is 3. The molecular formula is C14H13F2N3O2. The Balaban J connectivity index is 2.22. The molecule has 2 rings (SSSR count). The summed E-state index contributed by atoms with van der Waals surface area (Å²) in [6, 6.07) is 3.87. The second kappa shape index (κ2) is 6.25. The molecular weight excluding hydrogens is 280 g/mol. The molecule has 2 aromatic rings. The fourth-order valence-electron chi connectivity index (χ4n) is 1.73. The molecule has 7 heteroatoms. The molecule has 5 nitrogen and oxygen atoms in total. The van der Waals surface area contributed by atoms with Gasteiger partial charge in [-0.05, 0) is 13.0 Å². The van der Waals surface area contributed by atoms with Crippen LogP contribution < -0.4 is 0 Å². The van der Waals surface area contributed by atoms with Crippen LogP contribution in [0.4, 0.5) is 8.78 Å². The van der Waals surface area contributed by atoms with Crippen LogP contribution in [0, 0.1) is 18.6 Å². The Labute approximate surface area is 119 Å². The van der Waals surface area contributed by atoms with Crippen molar-refractivity contribution in [1.29, 1.82) is 0 Å². The molecule has 0 fully saturated rings. The van der Waals surface area contributed by atoms with E-state index >= 15 is 0 Å². The van der Waals surface area contributed by atoms with Gasteiger partial charge in [-0.3, -0.25) is 0 Å². The van der Waals surface area contributed by atoms with E-state index in [1.54, 1.807) is 6.92 Å². The van der Waals surface area contributed by atoms with Gasteiger partial charge in [0.2, 0.25) is 0 Å². The third-order valence-electron chi connectivity index (χ3n) is 2.86. The van der Waals surface area contributed by atoms with E-state index in [1.807, 2.05) is 0 Å². The van der Waals surface area contributed by atoms with Crippen molar-refractivity contribution in [3.05, 3.63) is 59.4 Å². The number of esters is 1. The molecule has 0 radical (unpaired) electrons. The number of carbonyl (C=O) groups is 1. The highest BCUT2D eigenvalue weighted by Crippen LogP contribution is 2.14. The summed E-state index contributed by atoms with van der Waals surface area (Å²) in [4.78, 5) is 11.7. The number of carbonyl (C=O) groups excluding carboxylic acids is 1. The molecule has 110 valence electrons. The Morgan fingerprint density at radius 3 is 2.95 bits per heavy atom. The molecule has 0 atom stereocenters. The maximum Gasteiger partial charge on any atom is 0.361 e. The maximum absolute atomic E-state index is 13.6. The van der Waals surface area contributed by atoms with Crippen molar-refractivity contribution in [2.24, 2.45) is 0 Å². The van der Waals surface area contributed by atoms with Gasteiger partial charge in [0.1, 0.15) is 6.61 Å². The van der Waals surface area contributed by atoms with Gasteiger partial charge in [0, 0.05) is 5.56 Å². The predicted molar refractivity (Wildman–Crippen MR) is 70.7 cm³/mol. The Bertz CT molecular complexity index is 683. The van der Waals surface area contributed by atoms with Crippen LogP contribution in [0.5, 0.6) is 0 Å². The number of benzene rings is 1. The van der Waals surface area contributed by atoms with Crippen LogP contribution in [-0.2, 0) is 11.3 Å². The lowest BCUT2D eigenvalue weighted by Crippen LogP contribution is -2.10. The summed E-state index contributed by atoms with van der Waals surface area (Å²) in [7, 11) is 0. The summed E-state index contributed by atoms with van der Waals surface area (Å²) in [5.41, 5.74) is 0.565. The van der Waals surface area contributed by atoms with Crippen LogP contribution in [0.3, 0.4) is 0 Å². The third-order valence-corrected chi connectivity index (χ3v) is 2.86. The molecule has 0 amide bonds. The first-order chi connectivity index (χ1) is 10.0. The Hall–Kier alpha value is -2.57. The van der Waals surface area contributed by atoms with E-state index in [0.29, 0.717) is 5.69 Å². The van der Waals surface area contributed by atoms with E-state index in [9.17, 15) is 13.6 Å². The van der Waals surface area contributed by atoms with Crippen LogP contribution >= 0.6 is 0 Å². The Kier molecular flexibility index (Phi) is 4.42. The van der Waals surface area contributed by atoms with Gasteiger partial charge >= 0.3 is 5.97 Å². The van der Waals surface area contributed by atoms with E-state index in [1.165, 1.54) is 22.9 Å². The van der Waals surface area contributed by atoms with E-state index in [2.05, 4.69) is 16.9 Å². The van der Waals surface area contributed by atoms with E-state index in [4.69, 9.17) is 4.74 Å². The van der Waals surface area contributed by atoms with E-state index in [-0.39, 0.29) is 24.4 Å². The van der Waals surface area contributed by atoms with Gasteiger partial charge < -0.3 is 4.74 Å². The Morgan fingerprint density at radius 1 is 1.48 bits per heavy atom. The molecule has 0 bridgehead atoms. The minimum Gasteiger partial charge on any atom is -0.457 e. The van der Waals surface area contributed by atoms with Gasteiger partial charge in [0.25, 0.3) is 0 Å². The van der Waals surface area contributed by atoms with Gasteiger partial charge in [0.05, 0.1) is 12.2 Å². The monoisotopic (exact) mass is 293 g/mol. The quantitative estimate of drug-likeness (QED) is 0.627. The number of ether oxygens (including phenoxy) is 1. The molecule has 0 aliphatic rings. The first-order valence-electron chi connectivity index (χ1n) is 6.15. The first kappa shape index (κ1) is 14.8. The molecule has 1 heterocycles. The minimum absolute atomic E-state index is 0.0306. The van der Waals surface area contributed by atoms with Gasteiger partial charge in [-0.15, -0.1) is 5.10 Å². The number of rotatable bonds is 5. The second-order valence-electron chi connectivity index (χ2n) is 4.28. The lowest BCUT2D eigenvalue weighted by atomic mass is 10.2. The smallest absolute Gasteiger partial charge is 0.361 e. The third kappa shape index (κ3) is 3.13. The fraction of sp³-hybridized carbons (Fsp3) is 0.214. The zero-order chi connectivity index (χ0) is 15.4. The lowest BCUT2D eigenvalue weighted by molar-refractivity contribution is 0.0542. The minimum atomic E-state index is -0.941. The molecule has 21 heavy (non-hydrogen) atoms. The fourth-order valence-corrected chi connectivity index (χ4v) is 1.73. The average molecular weight is 293 g/mol. The predicted octanol–water partition coefficient (Wildman–Crippen LogP) is 2.26. The van der Waals surface area contributed by atoms with Crippen molar-refractivity contribution in [3.8, 4) is 0 Å². The summed E-state index contributed by atoms with van der Waals surface area (Å²) in [6.07, 6.45) is 1.43. The van der Waals surface area contributed by atoms with Crippen molar-refractivity contribution in [3.63, 3.8) is 0 Å². The largest absolute Gasteiger partial charge is 0.457 e. The molecule has 1 aromatic carbocycles. The first-order valence-corrected chi connectivity index (χ1v) is 6.15. The van der Waals surface area contributed by atoms with Crippen molar-refractivity contribution in [2.75, 3.05) is 6.61 Å². The van der Waals surface area contributed by atoms with Gasteiger partial charge in [-0.1, -0.05) is 30.0 Å². The zero-order valence-corrected chi connectivity index (χ0v) is 11.3. The van der Waals surface area contributed by atoms with E-state index < -0.39 is 17.6 Å². The molecule has 0 aliphatic heterocycles. The summed E-state index contributed by atoms with van der Waals surface area (Å²) in [5.74, 6) is -2.52. The van der Waals surface area contributed by atoms with Crippen molar-refractivity contribution in [1.82, 2.24) is 15.0 Å². The van der Waals surface area contributed by atoms with Gasteiger partial charge in [-0.25, -0.2) is 18.3 Å². The van der Waals surface area contributed by atoms with E-state index in [0.717, 1.165) is 6.07 Å². The van der Waals surface area contributed by atoms with Crippen LogP contribution in [0.1, 0.15) is 21.7 Å². The summed E-state index contributed by atoms with van der Waals surface area (Å²) in [6.45, 7) is 5.06. The highest BCUT2D eigenvalue weighted by Gasteiger charge is 2.18. The average Bonchev–Trinajstić information content (AvgIpc) is 2.83.